The van der Waals surface area contributed by atoms with E-state index in [0.717, 1.165) is 77.5 Å². The standard InChI is InChI=1S/C58H50N3O2.Pt/c1-57(2,3)42-34-48(53-51(35-42)61(55(60-53)47-19-10-12-21-52(47)62)50-20-11-9-18-43(50)37-14-7-6-8-15-37)39-16-13-17-41(33-39)49-27-26-46-45-25-23-40-32-38(36-28-30-58(4,5)31-29-36)22-24-44(40)54(45)63-56(46)59-49;/h6-27,32,34-36,62H,28-31H2,1-5H3;/q-1;. The first-order chi connectivity index (χ1) is 30.5. The molecule has 0 unspecified atom stereocenters. The SMILES string of the molecule is CC1(C)CCC(c2ccc3c(ccc4c5ccc(-c6[c-]c(-c7cc(C(C)(C)C)cc8c7nc(-c7ccccc7O)n8-c7ccccc7-c7ccccc7)ccc6)nc5oc34)c2)CC1.[Pt]. The van der Waals surface area contributed by atoms with Crippen LogP contribution in [0.15, 0.2) is 156 Å². The summed E-state index contributed by atoms with van der Waals surface area (Å²) >= 11 is 0. The smallest absolute Gasteiger partial charge is 0.220 e. The molecular weight excluding hydrogens is 966 g/mol. The number of imidazole rings is 1. The minimum atomic E-state index is -0.184. The van der Waals surface area contributed by atoms with Crippen molar-refractivity contribution < 1.29 is 30.6 Å². The van der Waals surface area contributed by atoms with E-state index >= 15 is 0 Å². The van der Waals surface area contributed by atoms with E-state index in [1.165, 1.54) is 36.6 Å². The number of pyridine rings is 1. The number of fused-ring (bicyclic) bond motifs is 6. The van der Waals surface area contributed by atoms with Crippen LogP contribution >= 0.6 is 0 Å². The Kier molecular flexibility index (Phi) is 10.5. The van der Waals surface area contributed by atoms with Gasteiger partial charge in [-0.15, -0.1) is 29.8 Å². The van der Waals surface area contributed by atoms with E-state index in [2.05, 4.69) is 167 Å². The molecular formula is C58H50N3O2Pt-. The van der Waals surface area contributed by atoms with Gasteiger partial charge in [0.15, 0.2) is 0 Å². The van der Waals surface area contributed by atoms with Gasteiger partial charge in [0.25, 0.3) is 0 Å². The summed E-state index contributed by atoms with van der Waals surface area (Å²) in [7, 11) is 0. The fourth-order valence-corrected chi connectivity index (χ4v) is 9.81. The van der Waals surface area contributed by atoms with Gasteiger partial charge in [-0.2, -0.15) is 0 Å². The van der Waals surface area contributed by atoms with Gasteiger partial charge in [0.2, 0.25) is 5.71 Å². The number of hydrogen-bond acceptors (Lipinski definition) is 4. The molecule has 11 rings (SSSR count). The summed E-state index contributed by atoms with van der Waals surface area (Å²) in [6.07, 6.45) is 5.04. The van der Waals surface area contributed by atoms with Crippen LogP contribution in [0.1, 0.15) is 77.3 Å². The molecule has 0 aliphatic heterocycles. The molecule has 0 saturated heterocycles. The van der Waals surface area contributed by atoms with E-state index in [1.54, 1.807) is 6.07 Å². The number of hydrogen-bond donors (Lipinski definition) is 1. The molecule has 320 valence electrons. The van der Waals surface area contributed by atoms with Crippen LogP contribution in [0.2, 0.25) is 0 Å². The molecule has 1 aliphatic carbocycles. The van der Waals surface area contributed by atoms with Crippen LogP contribution in [0.3, 0.4) is 0 Å². The number of furan rings is 1. The van der Waals surface area contributed by atoms with Crippen molar-refractivity contribution in [3.05, 3.63) is 169 Å². The predicted octanol–water partition coefficient (Wildman–Crippen LogP) is 15.6. The van der Waals surface area contributed by atoms with Crippen molar-refractivity contribution in [2.75, 3.05) is 0 Å². The molecule has 64 heavy (non-hydrogen) atoms. The Hall–Kier alpha value is -6.29. The maximum Gasteiger partial charge on any atom is 0.220 e. The molecule has 0 spiro atoms. The molecule has 0 radical (unpaired) electrons. The van der Waals surface area contributed by atoms with Gasteiger partial charge in [-0.1, -0.05) is 149 Å². The molecule has 5 nitrogen and oxygen atoms in total. The van der Waals surface area contributed by atoms with E-state index in [-0.39, 0.29) is 32.2 Å². The fraction of sp³-hybridized carbons (Fsp3) is 0.207. The second-order valence-electron chi connectivity index (χ2n) is 19.3. The van der Waals surface area contributed by atoms with Gasteiger partial charge in [-0.25, -0.2) is 4.98 Å². The Morgan fingerprint density at radius 1 is 0.672 bits per heavy atom. The average Bonchev–Trinajstić information content (AvgIpc) is 3.87. The third kappa shape index (κ3) is 7.34. The third-order valence-corrected chi connectivity index (χ3v) is 13.5. The molecule has 10 aromatic rings. The molecule has 1 N–H and O–H groups in total. The number of phenolic OH excluding ortho intramolecular Hbond substituents is 1. The fourth-order valence-electron chi connectivity index (χ4n) is 9.81. The Labute approximate surface area is 389 Å². The van der Waals surface area contributed by atoms with E-state index in [0.29, 0.717) is 28.4 Å². The minimum absolute atomic E-state index is 0. The van der Waals surface area contributed by atoms with Crippen LogP contribution in [0.25, 0.3) is 94.5 Å². The van der Waals surface area contributed by atoms with E-state index in [9.17, 15) is 5.11 Å². The molecule has 0 bridgehead atoms. The number of nitrogens with zero attached hydrogens (tertiary/aromatic N) is 3. The zero-order valence-electron chi connectivity index (χ0n) is 36.9. The second-order valence-corrected chi connectivity index (χ2v) is 19.3. The molecule has 1 aliphatic rings. The van der Waals surface area contributed by atoms with Crippen LogP contribution in [-0.2, 0) is 26.5 Å². The maximum atomic E-state index is 11.4. The molecule has 0 amide bonds. The van der Waals surface area contributed by atoms with Crippen molar-refractivity contribution in [1.82, 2.24) is 14.5 Å². The molecule has 7 aromatic carbocycles. The first-order valence-corrected chi connectivity index (χ1v) is 22.3. The predicted molar refractivity (Wildman–Crippen MR) is 260 cm³/mol. The summed E-state index contributed by atoms with van der Waals surface area (Å²) in [5, 5.41) is 15.8. The summed E-state index contributed by atoms with van der Waals surface area (Å²) in [6, 6.07) is 56.5. The Bertz CT molecular complexity index is 3380. The van der Waals surface area contributed by atoms with E-state index in [1.807, 2.05) is 24.3 Å². The van der Waals surface area contributed by atoms with Crippen molar-refractivity contribution in [2.45, 2.75) is 71.6 Å². The van der Waals surface area contributed by atoms with Crippen molar-refractivity contribution in [3.63, 3.8) is 0 Å². The number of rotatable bonds is 6. The van der Waals surface area contributed by atoms with E-state index < -0.39 is 0 Å². The van der Waals surface area contributed by atoms with Crippen LogP contribution < -0.4 is 0 Å². The number of benzene rings is 7. The third-order valence-electron chi connectivity index (χ3n) is 13.5. The second kappa shape index (κ2) is 16.1. The quantitative estimate of drug-likeness (QED) is 0.169. The molecule has 6 heteroatoms. The summed E-state index contributed by atoms with van der Waals surface area (Å²) in [5.41, 5.74) is 13.4. The Morgan fingerprint density at radius 3 is 2.16 bits per heavy atom. The molecule has 1 saturated carbocycles. The number of aromatic nitrogens is 3. The molecule has 3 aromatic heterocycles. The van der Waals surface area contributed by atoms with Gasteiger partial charge in [-0.3, -0.25) is 9.55 Å². The number of para-hydroxylation sites is 2. The van der Waals surface area contributed by atoms with Crippen LogP contribution in [0, 0.1) is 11.5 Å². The number of phenols is 1. The van der Waals surface area contributed by atoms with Crippen LogP contribution in [0.4, 0.5) is 0 Å². The molecule has 0 atom stereocenters. The van der Waals surface area contributed by atoms with E-state index in [4.69, 9.17) is 14.4 Å². The van der Waals surface area contributed by atoms with Crippen molar-refractivity contribution in [3.8, 4) is 56.3 Å². The summed E-state index contributed by atoms with van der Waals surface area (Å²) in [4.78, 5) is 10.6. The zero-order chi connectivity index (χ0) is 43.0. The van der Waals surface area contributed by atoms with Crippen molar-refractivity contribution in [1.29, 1.82) is 0 Å². The summed E-state index contributed by atoms with van der Waals surface area (Å²) in [5.74, 6) is 1.45. The van der Waals surface area contributed by atoms with Crippen LogP contribution in [-0.4, -0.2) is 19.6 Å². The monoisotopic (exact) mass is 1020 g/mol. The topological polar surface area (TPSA) is 64.1 Å². The van der Waals surface area contributed by atoms with Gasteiger partial charge in [-0.05, 0) is 94.8 Å². The molecule has 3 heterocycles. The zero-order valence-corrected chi connectivity index (χ0v) is 39.1. The molecule has 1 fully saturated rings. The first-order valence-electron chi connectivity index (χ1n) is 22.3. The average molecular weight is 1020 g/mol. The van der Waals surface area contributed by atoms with Gasteiger partial charge < -0.3 is 9.52 Å². The number of aromatic hydroxyl groups is 1. The minimum Gasteiger partial charge on any atom is -0.507 e. The van der Waals surface area contributed by atoms with Gasteiger partial charge in [0.1, 0.15) is 17.2 Å². The van der Waals surface area contributed by atoms with Gasteiger partial charge in [0.05, 0.1) is 22.3 Å². The normalized spacial score (nSPS) is 14.4. The summed E-state index contributed by atoms with van der Waals surface area (Å²) < 4.78 is 8.88. The Balaban J connectivity index is 0.00000484. The summed E-state index contributed by atoms with van der Waals surface area (Å²) in [6.45, 7) is 11.5. The maximum absolute atomic E-state index is 11.4. The largest absolute Gasteiger partial charge is 0.507 e. The van der Waals surface area contributed by atoms with Crippen molar-refractivity contribution in [2.24, 2.45) is 5.41 Å². The van der Waals surface area contributed by atoms with Gasteiger partial charge >= 0.3 is 0 Å². The van der Waals surface area contributed by atoms with Crippen molar-refractivity contribution >= 4 is 43.9 Å². The van der Waals surface area contributed by atoms with Gasteiger partial charge in [0, 0.05) is 48.5 Å². The van der Waals surface area contributed by atoms with Crippen LogP contribution in [0.5, 0.6) is 5.75 Å². The Morgan fingerprint density at radius 2 is 1.38 bits per heavy atom. The first kappa shape index (κ1) is 41.7.